The van der Waals surface area contributed by atoms with Crippen molar-refractivity contribution in [2.75, 3.05) is 33.4 Å². The molecular formula is C19H27N3O2S. The number of rotatable bonds is 7. The molecule has 1 aromatic heterocycles. The summed E-state index contributed by atoms with van der Waals surface area (Å²) in [6.07, 6.45) is 2.68. The van der Waals surface area contributed by atoms with E-state index in [9.17, 15) is 5.11 Å². The molecule has 1 atom stereocenters. The molecule has 136 valence electrons. The molecule has 3 rings (SSSR count). The largest absolute Gasteiger partial charge is 0.496 e. The molecule has 0 saturated carbocycles. The second-order valence-electron chi connectivity index (χ2n) is 6.60. The monoisotopic (exact) mass is 361 g/mol. The van der Waals surface area contributed by atoms with E-state index in [4.69, 9.17) is 4.74 Å². The van der Waals surface area contributed by atoms with E-state index in [0.717, 1.165) is 44.9 Å². The molecule has 1 fully saturated rings. The Labute approximate surface area is 153 Å². The fourth-order valence-electron chi connectivity index (χ4n) is 3.53. The number of hydrogen-bond acceptors (Lipinski definition) is 6. The van der Waals surface area contributed by atoms with E-state index in [2.05, 4.69) is 33.8 Å². The summed E-state index contributed by atoms with van der Waals surface area (Å²) in [7, 11) is 1.71. The average molecular weight is 362 g/mol. The van der Waals surface area contributed by atoms with Crippen molar-refractivity contribution in [1.82, 2.24) is 14.8 Å². The van der Waals surface area contributed by atoms with Gasteiger partial charge in [0.2, 0.25) is 0 Å². The quantitative estimate of drug-likeness (QED) is 0.821. The molecule has 25 heavy (non-hydrogen) atoms. The van der Waals surface area contributed by atoms with Gasteiger partial charge in [0, 0.05) is 50.4 Å². The van der Waals surface area contributed by atoms with Crippen LogP contribution in [0.4, 0.5) is 0 Å². The first kappa shape index (κ1) is 18.3. The molecule has 1 aliphatic rings. The van der Waals surface area contributed by atoms with Crippen LogP contribution >= 0.6 is 11.3 Å². The van der Waals surface area contributed by atoms with Crippen molar-refractivity contribution in [1.29, 1.82) is 0 Å². The zero-order chi connectivity index (χ0) is 17.6. The van der Waals surface area contributed by atoms with Gasteiger partial charge in [0.25, 0.3) is 0 Å². The third kappa shape index (κ3) is 4.79. The highest BCUT2D eigenvalue weighted by Crippen LogP contribution is 2.22. The third-order valence-corrected chi connectivity index (χ3v) is 5.60. The Hall–Kier alpha value is -1.47. The van der Waals surface area contributed by atoms with Gasteiger partial charge in [-0.1, -0.05) is 12.1 Å². The normalized spacial score (nSPS) is 19.2. The maximum absolute atomic E-state index is 9.49. The molecular weight excluding hydrogens is 334 g/mol. The zero-order valence-corrected chi connectivity index (χ0v) is 15.8. The number of nitrogens with zero attached hydrogens (tertiary/aromatic N) is 3. The third-order valence-electron chi connectivity index (χ3n) is 4.84. The van der Waals surface area contributed by atoms with Crippen LogP contribution in [0.25, 0.3) is 0 Å². The lowest BCUT2D eigenvalue weighted by Crippen LogP contribution is -2.52. The van der Waals surface area contributed by atoms with Gasteiger partial charge < -0.3 is 9.84 Å². The molecule has 0 amide bonds. The number of thiazole rings is 1. The van der Waals surface area contributed by atoms with Crippen LogP contribution in [0.3, 0.4) is 0 Å². The Kier molecular flexibility index (Phi) is 6.42. The molecule has 1 unspecified atom stereocenters. The van der Waals surface area contributed by atoms with E-state index in [0.29, 0.717) is 6.04 Å². The number of benzene rings is 1. The summed E-state index contributed by atoms with van der Waals surface area (Å²) >= 11 is 1.71. The summed E-state index contributed by atoms with van der Waals surface area (Å²) in [5.74, 6) is 0.934. The molecule has 1 saturated heterocycles. The van der Waals surface area contributed by atoms with E-state index >= 15 is 0 Å². The Balaban J connectivity index is 1.63. The number of aromatic nitrogens is 1. The fourth-order valence-corrected chi connectivity index (χ4v) is 4.19. The van der Waals surface area contributed by atoms with Crippen LogP contribution in [0.2, 0.25) is 0 Å². The summed E-state index contributed by atoms with van der Waals surface area (Å²) in [6.45, 7) is 7.18. The number of hydrogen-bond donors (Lipinski definition) is 1. The lowest BCUT2D eigenvalue weighted by atomic mass is 10.1. The second-order valence-corrected chi connectivity index (χ2v) is 7.58. The highest BCUT2D eigenvalue weighted by molar-refractivity contribution is 7.09. The zero-order valence-electron chi connectivity index (χ0n) is 15.0. The lowest BCUT2D eigenvalue weighted by Gasteiger charge is -2.41. The van der Waals surface area contributed by atoms with Crippen molar-refractivity contribution in [2.24, 2.45) is 0 Å². The number of piperazine rings is 1. The van der Waals surface area contributed by atoms with Crippen molar-refractivity contribution in [2.45, 2.75) is 32.5 Å². The van der Waals surface area contributed by atoms with Crippen LogP contribution in [0, 0.1) is 6.92 Å². The predicted molar refractivity (Wildman–Crippen MR) is 101 cm³/mol. The SMILES string of the molecule is COc1ccc(CN2CCN(Cc3nccs3)CC2CCO)cc1C. The van der Waals surface area contributed by atoms with Gasteiger partial charge in [-0.15, -0.1) is 11.3 Å². The molecule has 1 aromatic carbocycles. The molecule has 0 bridgehead atoms. The Morgan fingerprint density at radius 1 is 1.32 bits per heavy atom. The summed E-state index contributed by atoms with van der Waals surface area (Å²) in [5, 5.41) is 12.7. The molecule has 1 aliphatic heterocycles. The molecule has 0 radical (unpaired) electrons. The van der Waals surface area contributed by atoms with E-state index in [1.165, 1.54) is 16.1 Å². The molecule has 6 heteroatoms. The highest BCUT2D eigenvalue weighted by Gasteiger charge is 2.27. The van der Waals surface area contributed by atoms with Gasteiger partial charge >= 0.3 is 0 Å². The second kappa shape index (κ2) is 8.76. The van der Waals surface area contributed by atoms with Gasteiger partial charge in [-0.3, -0.25) is 9.80 Å². The predicted octanol–water partition coefficient (Wildman–Crippen LogP) is 2.53. The van der Waals surface area contributed by atoms with Gasteiger partial charge in [-0.25, -0.2) is 4.98 Å². The fraction of sp³-hybridized carbons (Fsp3) is 0.526. The summed E-state index contributed by atoms with van der Waals surface area (Å²) in [6, 6.07) is 6.77. The maximum atomic E-state index is 9.49. The minimum atomic E-state index is 0.230. The minimum Gasteiger partial charge on any atom is -0.496 e. The Morgan fingerprint density at radius 3 is 2.88 bits per heavy atom. The highest BCUT2D eigenvalue weighted by atomic mass is 32.1. The first-order chi connectivity index (χ1) is 12.2. The van der Waals surface area contributed by atoms with E-state index in [1.807, 2.05) is 17.6 Å². The van der Waals surface area contributed by atoms with Crippen LogP contribution in [0.5, 0.6) is 5.75 Å². The van der Waals surface area contributed by atoms with Gasteiger partial charge in [-0.05, 0) is 30.5 Å². The van der Waals surface area contributed by atoms with Gasteiger partial charge in [-0.2, -0.15) is 0 Å². The standard InChI is InChI=1S/C19H27N3O2S/c1-15-11-16(3-4-18(15)24-2)12-22-8-7-21(13-17(22)5-9-23)14-19-20-6-10-25-19/h3-4,6,10-11,17,23H,5,7-9,12-14H2,1-2H3. The first-order valence-corrected chi connectivity index (χ1v) is 9.66. The molecule has 5 nitrogen and oxygen atoms in total. The van der Waals surface area contributed by atoms with Gasteiger partial charge in [0.05, 0.1) is 13.7 Å². The summed E-state index contributed by atoms with van der Waals surface area (Å²) < 4.78 is 5.36. The van der Waals surface area contributed by atoms with Crippen LogP contribution in [-0.2, 0) is 13.1 Å². The van der Waals surface area contributed by atoms with Crippen LogP contribution in [-0.4, -0.2) is 59.3 Å². The first-order valence-electron chi connectivity index (χ1n) is 8.78. The van der Waals surface area contributed by atoms with E-state index < -0.39 is 0 Å². The lowest BCUT2D eigenvalue weighted by molar-refractivity contribution is 0.0499. The van der Waals surface area contributed by atoms with Crippen LogP contribution < -0.4 is 4.74 Å². The molecule has 0 aliphatic carbocycles. The summed E-state index contributed by atoms with van der Waals surface area (Å²) in [5.41, 5.74) is 2.47. The van der Waals surface area contributed by atoms with Crippen LogP contribution in [0.15, 0.2) is 29.8 Å². The molecule has 2 aromatic rings. The number of ether oxygens (including phenoxy) is 1. The van der Waals surface area contributed by atoms with Crippen LogP contribution in [0.1, 0.15) is 22.6 Å². The number of aliphatic hydroxyl groups is 1. The van der Waals surface area contributed by atoms with Gasteiger partial charge in [0.15, 0.2) is 0 Å². The molecule has 1 N–H and O–H groups in total. The Morgan fingerprint density at radius 2 is 2.20 bits per heavy atom. The average Bonchev–Trinajstić information content (AvgIpc) is 3.11. The van der Waals surface area contributed by atoms with E-state index in [-0.39, 0.29) is 6.61 Å². The van der Waals surface area contributed by atoms with Gasteiger partial charge in [0.1, 0.15) is 10.8 Å². The Bertz CT molecular complexity index is 663. The smallest absolute Gasteiger partial charge is 0.121 e. The molecule has 0 spiro atoms. The maximum Gasteiger partial charge on any atom is 0.121 e. The van der Waals surface area contributed by atoms with Crippen molar-refractivity contribution in [3.05, 3.63) is 45.9 Å². The number of aliphatic hydroxyl groups excluding tert-OH is 1. The topological polar surface area (TPSA) is 48.8 Å². The van der Waals surface area contributed by atoms with E-state index in [1.54, 1.807) is 18.4 Å². The number of aryl methyl sites for hydroxylation is 1. The van der Waals surface area contributed by atoms with Crippen molar-refractivity contribution in [3.8, 4) is 5.75 Å². The van der Waals surface area contributed by atoms with Crippen molar-refractivity contribution < 1.29 is 9.84 Å². The van der Waals surface area contributed by atoms with Crippen molar-refractivity contribution >= 4 is 11.3 Å². The minimum absolute atomic E-state index is 0.230. The number of methoxy groups -OCH3 is 1. The van der Waals surface area contributed by atoms with Crippen molar-refractivity contribution in [3.63, 3.8) is 0 Å². The summed E-state index contributed by atoms with van der Waals surface area (Å²) in [4.78, 5) is 9.35. The molecule has 2 heterocycles.